The van der Waals surface area contributed by atoms with Gasteiger partial charge in [0.15, 0.2) is 0 Å². The molecule has 1 rings (SSSR count). The second-order valence-electron chi connectivity index (χ2n) is 3.98. The van der Waals surface area contributed by atoms with Gasteiger partial charge in [0.05, 0.1) is 12.6 Å². The number of rotatable bonds is 4. The molecule has 7 heteroatoms. The quantitative estimate of drug-likeness (QED) is 0.722. The highest BCUT2D eigenvalue weighted by Gasteiger charge is 2.41. The Morgan fingerprint density at radius 3 is 2.62 bits per heavy atom. The highest BCUT2D eigenvalue weighted by atomic mass is 19.3. The van der Waals surface area contributed by atoms with E-state index in [4.69, 9.17) is 0 Å². The molecular weight excluding hydrogens is 228 g/mol. The van der Waals surface area contributed by atoms with E-state index in [0.29, 0.717) is 6.54 Å². The summed E-state index contributed by atoms with van der Waals surface area (Å²) in [4.78, 5) is 11.4. The van der Waals surface area contributed by atoms with Gasteiger partial charge in [-0.3, -0.25) is 4.79 Å². The Balaban J connectivity index is 2.41. The van der Waals surface area contributed by atoms with Crippen molar-refractivity contribution in [2.45, 2.75) is 31.7 Å². The van der Waals surface area contributed by atoms with Crippen LogP contribution in [-0.4, -0.2) is 37.4 Å². The molecule has 94 valence electrons. The van der Waals surface area contributed by atoms with Gasteiger partial charge in [0.1, 0.15) is 0 Å². The number of hydrogen-bond donors (Lipinski definition) is 2. The summed E-state index contributed by atoms with van der Waals surface area (Å²) in [7, 11) is 0. The van der Waals surface area contributed by atoms with Crippen LogP contribution in [0.4, 0.5) is 17.6 Å². The van der Waals surface area contributed by atoms with Gasteiger partial charge in [-0.05, 0) is 18.9 Å². The van der Waals surface area contributed by atoms with Crippen molar-refractivity contribution in [1.82, 2.24) is 10.6 Å². The standard InChI is InChI=1S/C9H14F4N2O/c1-5-2-3-14-6(5)7(16)15-4-9(12,13)8(10)11/h5-6,8,14H,2-4H2,1H3,(H,15,16). The molecule has 3 nitrogen and oxygen atoms in total. The highest BCUT2D eigenvalue weighted by Crippen LogP contribution is 2.22. The third kappa shape index (κ3) is 3.07. The van der Waals surface area contributed by atoms with Crippen LogP contribution in [0.3, 0.4) is 0 Å². The lowest BCUT2D eigenvalue weighted by Gasteiger charge is -2.19. The topological polar surface area (TPSA) is 41.1 Å². The van der Waals surface area contributed by atoms with Crippen molar-refractivity contribution in [2.24, 2.45) is 5.92 Å². The minimum Gasteiger partial charge on any atom is -0.348 e. The molecule has 2 unspecified atom stereocenters. The average Bonchev–Trinajstić information content (AvgIpc) is 2.61. The normalized spacial score (nSPS) is 26.1. The smallest absolute Gasteiger partial charge is 0.324 e. The van der Waals surface area contributed by atoms with Crippen molar-refractivity contribution >= 4 is 5.91 Å². The van der Waals surface area contributed by atoms with Gasteiger partial charge in [0, 0.05) is 0 Å². The molecule has 0 saturated carbocycles. The first kappa shape index (κ1) is 13.2. The molecule has 1 heterocycles. The summed E-state index contributed by atoms with van der Waals surface area (Å²) in [6.45, 7) is 1.11. The molecule has 1 aliphatic rings. The zero-order valence-electron chi connectivity index (χ0n) is 8.77. The molecular formula is C9H14F4N2O. The summed E-state index contributed by atoms with van der Waals surface area (Å²) in [5, 5.41) is 4.67. The number of carbonyl (C=O) groups is 1. The van der Waals surface area contributed by atoms with Crippen LogP contribution in [0.5, 0.6) is 0 Å². The largest absolute Gasteiger partial charge is 0.348 e. The molecule has 0 radical (unpaired) electrons. The number of halogens is 4. The minimum absolute atomic E-state index is 0.0279. The molecule has 1 saturated heterocycles. The first-order valence-corrected chi connectivity index (χ1v) is 5.01. The highest BCUT2D eigenvalue weighted by molar-refractivity contribution is 5.82. The van der Waals surface area contributed by atoms with E-state index >= 15 is 0 Å². The second-order valence-corrected chi connectivity index (χ2v) is 3.98. The number of nitrogens with one attached hydrogen (secondary N) is 2. The predicted octanol–water partition coefficient (Wildman–Crippen LogP) is 1.00. The number of alkyl halides is 4. The Hall–Kier alpha value is -0.850. The SMILES string of the molecule is CC1CCNC1C(=O)NCC(F)(F)C(F)F. The van der Waals surface area contributed by atoms with Gasteiger partial charge in [-0.15, -0.1) is 0 Å². The van der Waals surface area contributed by atoms with Crippen LogP contribution >= 0.6 is 0 Å². The summed E-state index contributed by atoms with van der Waals surface area (Å²) in [6, 6.07) is -0.562. The van der Waals surface area contributed by atoms with Crippen LogP contribution in [0.1, 0.15) is 13.3 Å². The summed E-state index contributed by atoms with van der Waals surface area (Å²) >= 11 is 0. The van der Waals surface area contributed by atoms with Gasteiger partial charge in [0.25, 0.3) is 0 Å². The zero-order valence-corrected chi connectivity index (χ0v) is 8.77. The van der Waals surface area contributed by atoms with Gasteiger partial charge >= 0.3 is 12.3 Å². The van der Waals surface area contributed by atoms with E-state index in [2.05, 4.69) is 5.32 Å². The molecule has 1 aliphatic heterocycles. The van der Waals surface area contributed by atoms with Gasteiger partial charge < -0.3 is 10.6 Å². The van der Waals surface area contributed by atoms with Crippen LogP contribution in [0, 0.1) is 5.92 Å². The minimum atomic E-state index is -4.17. The molecule has 0 aromatic rings. The van der Waals surface area contributed by atoms with E-state index in [1.54, 1.807) is 6.92 Å². The lowest BCUT2D eigenvalue weighted by atomic mass is 10.0. The van der Waals surface area contributed by atoms with Crippen molar-refractivity contribution in [3.05, 3.63) is 0 Å². The maximum atomic E-state index is 12.5. The fourth-order valence-corrected chi connectivity index (χ4v) is 1.58. The second kappa shape index (κ2) is 4.99. The molecule has 0 bridgehead atoms. The first-order chi connectivity index (χ1) is 7.34. The van der Waals surface area contributed by atoms with Crippen LogP contribution < -0.4 is 10.6 Å². The van der Waals surface area contributed by atoms with Gasteiger partial charge in [-0.2, -0.15) is 8.78 Å². The van der Waals surface area contributed by atoms with Crippen LogP contribution in [0.25, 0.3) is 0 Å². The fourth-order valence-electron chi connectivity index (χ4n) is 1.58. The van der Waals surface area contributed by atoms with Crippen molar-refractivity contribution in [3.63, 3.8) is 0 Å². The van der Waals surface area contributed by atoms with Gasteiger partial charge in [0.2, 0.25) is 5.91 Å². The average molecular weight is 242 g/mol. The fraction of sp³-hybridized carbons (Fsp3) is 0.889. The lowest BCUT2D eigenvalue weighted by molar-refractivity contribution is -0.137. The summed E-state index contributed by atoms with van der Waals surface area (Å²) in [5.74, 6) is -4.79. The summed E-state index contributed by atoms with van der Waals surface area (Å²) in [6.07, 6.45) is -3.00. The Morgan fingerprint density at radius 1 is 1.56 bits per heavy atom. The molecule has 0 aromatic heterocycles. The van der Waals surface area contributed by atoms with Crippen molar-refractivity contribution in [3.8, 4) is 0 Å². The molecule has 2 N–H and O–H groups in total. The molecule has 0 aromatic carbocycles. The van der Waals surface area contributed by atoms with Crippen LogP contribution in [-0.2, 0) is 4.79 Å². The van der Waals surface area contributed by atoms with Crippen molar-refractivity contribution in [2.75, 3.05) is 13.1 Å². The Labute approximate surface area is 90.6 Å². The molecule has 2 atom stereocenters. The zero-order chi connectivity index (χ0) is 12.3. The Bertz CT molecular complexity index is 260. The van der Waals surface area contributed by atoms with E-state index in [0.717, 1.165) is 6.42 Å². The van der Waals surface area contributed by atoms with Crippen molar-refractivity contribution in [1.29, 1.82) is 0 Å². The van der Waals surface area contributed by atoms with E-state index in [1.807, 2.05) is 5.32 Å². The Morgan fingerprint density at radius 2 is 2.19 bits per heavy atom. The predicted molar refractivity (Wildman–Crippen MR) is 49.5 cm³/mol. The lowest BCUT2D eigenvalue weighted by Crippen LogP contribution is -2.48. The van der Waals surface area contributed by atoms with Crippen LogP contribution in [0.2, 0.25) is 0 Å². The summed E-state index contributed by atoms with van der Waals surface area (Å²) < 4.78 is 48.6. The molecule has 1 fully saturated rings. The molecule has 1 amide bonds. The third-order valence-electron chi connectivity index (χ3n) is 2.63. The summed E-state index contributed by atoms with van der Waals surface area (Å²) in [5.41, 5.74) is 0. The van der Waals surface area contributed by atoms with E-state index < -0.39 is 30.8 Å². The number of hydrogen-bond acceptors (Lipinski definition) is 2. The monoisotopic (exact) mass is 242 g/mol. The molecule has 0 aliphatic carbocycles. The van der Waals surface area contributed by atoms with Crippen LogP contribution in [0.15, 0.2) is 0 Å². The maximum Gasteiger partial charge on any atom is 0.324 e. The maximum absolute atomic E-state index is 12.5. The number of amides is 1. The molecule has 16 heavy (non-hydrogen) atoms. The van der Waals surface area contributed by atoms with Gasteiger partial charge in [-0.25, -0.2) is 8.78 Å². The van der Waals surface area contributed by atoms with Crippen molar-refractivity contribution < 1.29 is 22.4 Å². The first-order valence-electron chi connectivity index (χ1n) is 5.01. The Kier molecular flexibility index (Phi) is 4.12. The third-order valence-corrected chi connectivity index (χ3v) is 2.63. The van der Waals surface area contributed by atoms with E-state index in [9.17, 15) is 22.4 Å². The van der Waals surface area contributed by atoms with Gasteiger partial charge in [-0.1, -0.05) is 6.92 Å². The van der Waals surface area contributed by atoms with E-state index in [-0.39, 0.29) is 5.92 Å². The molecule has 0 spiro atoms. The van der Waals surface area contributed by atoms with E-state index in [1.165, 1.54) is 0 Å². The number of carbonyl (C=O) groups excluding carboxylic acids is 1.